The van der Waals surface area contributed by atoms with Crippen LogP contribution in [0.4, 0.5) is 5.82 Å². The van der Waals surface area contributed by atoms with Gasteiger partial charge in [-0.3, -0.25) is 9.48 Å². The first kappa shape index (κ1) is 20.1. The molecule has 3 aromatic heterocycles. The first-order valence-corrected chi connectivity index (χ1v) is 10.7. The van der Waals surface area contributed by atoms with Crippen LogP contribution in [0.3, 0.4) is 0 Å². The Hall–Kier alpha value is -3.81. The smallest absolute Gasteiger partial charge is 0.254 e. The Morgan fingerprint density at radius 3 is 2.47 bits per heavy atom. The first-order valence-electron chi connectivity index (χ1n) is 10.7. The van der Waals surface area contributed by atoms with E-state index in [0.29, 0.717) is 24.5 Å². The number of nitrogens with zero attached hydrogens (tertiary/aromatic N) is 7. The second-order valence-corrected chi connectivity index (χ2v) is 8.10. The van der Waals surface area contributed by atoms with Crippen LogP contribution in [0.5, 0.6) is 0 Å². The quantitative estimate of drug-likeness (QED) is 0.500. The van der Waals surface area contributed by atoms with Crippen molar-refractivity contribution in [2.24, 2.45) is 7.05 Å². The summed E-state index contributed by atoms with van der Waals surface area (Å²) in [4.78, 5) is 31.3. The number of benzene rings is 1. The van der Waals surface area contributed by atoms with E-state index in [1.54, 1.807) is 10.9 Å². The lowest BCUT2D eigenvalue weighted by Crippen LogP contribution is -2.49. The molecule has 0 unspecified atom stereocenters. The summed E-state index contributed by atoms with van der Waals surface area (Å²) in [6, 6.07) is 13.8. The van der Waals surface area contributed by atoms with Crippen LogP contribution in [0.1, 0.15) is 21.7 Å². The highest BCUT2D eigenvalue weighted by molar-refractivity contribution is 6.06. The molecule has 0 aliphatic carbocycles. The molecule has 1 aliphatic heterocycles. The fourth-order valence-electron chi connectivity index (χ4n) is 4.30. The van der Waals surface area contributed by atoms with Gasteiger partial charge in [0.15, 0.2) is 11.5 Å². The zero-order chi connectivity index (χ0) is 22.2. The van der Waals surface area contributed by atoms with Crippen LogP contribution >= 0.6 is 0 Å². The lowest BCUT2D eigenvalue weighted by atomic mass is 10.1. The molecule has 0 atom stereocenters. The molecule has 1 saturated heterocycles. The van der Waals surface area contributed by atoms with Crippen molar-refractivity contribution in [2.45, 2.75) is 13.8 Å². The van der Waals surface area contributed by atoms with Crippen LogP contribution in [0, 0.1) is 13.8 Å². The van der Waals surface area contributed by atoms with Gasteiger partial charge in [0, 0.05) is 50.7 Å². The van der Waals surface area contributed by atoms with E-state index in [0.717, 1.165) is 46.9 Å². The third kappa shape index (κ3) is 3.57. The number of hydrogen-bond donors (Lipinski definition) is 0. The van der Waals surface area contributed by atoms with Crippen LogP contribution in [0.15, 0.2) is 48.7 Å². The normalized spacial score (nSPS) is 14.2. The van der Waals surface area contributed by atoms with Gasteiger partial charge in [-0.15, -0.1) is 0 Å². The number of hydrogen-bond acceptors (Lipinski definition) is 6. The average molecular weight is 428 g/mol. The monoisotopic (exact) mass is 427 g/mol. The molecule has 4 heterocycles. The van der Waals surface area contributed by atoms with Crippen molar-refractivity contribution in [3.63, 3.8) is 0 Å². The van der Waals surface area contributed by atoms with Crippen molar-refractivity contribution in [2.75, 3.05) is 31.1 Å². The molecule has 4 aromatic rings. The van der Waals surface area contributed by atoms with Crippen molar-refractivity contribution < 1.29 is 4.79 Å². The highest BCUT2D eigenvalue weighted by Crippen LogP contribution is 2.24. The number of piperazine rings is 1. The van der Waals surface area contributed by atoms with E-state index >= 15 is 0 Å². The third-order valence-electron chi connectivity index (χ3n) is 5.89. The van der Waals surface area contributed by atoms with Gasteiger partial charge in [0.05, 0.1) is 16.6 Å². The molecule has 1 fully saturated rings. The molecular formula is C24H25N7O. The van der Waals surface area contributed by atoms with Crippen LogP contribution < -0.4 is 4.90 Å². The lowest BCUT2D eigenvalue weighted by Gasteiger charge is -2.35. The Kier molecular flexibility index (Phi) is 5.05. The van der Waals surface area contributed by atoms with Gasteiger partial charge in [-0.1, -0.05) is 30.3 Å². The highest BCUT2D eigenvalue weighted by atomic mass is 16.2. The first-order chi connectivity index (χ1) is 15.5. The molecule has 32 heavy (non-hydrogen) atoms. The number of carbonyl (C=O) groups is 1. The fourth-order valence-corrected chi connectivity index (χ4v) is 4.30. The number of amides is 1. The number of aryl methyl sites for hydroxylation is 3. The summed E-state index contributed by atoms with van der Waals surface area (Å²) in [6.07, 6.45) is 1.80. The average Bonchev–Trinajstić information content (AvgIpc) is 3.12. The third-order valence-corrected chi connectivity index (χ3v) is 5.89. The summed E-state index contributed by atoms with van der Waals surface area (Å²) < 4.78 is 1.74. The highest BCUT2D eigenvalue weighted by Gasteiger charge is 2.26. The number of aromatic nitrogens is 5. The van der Waals surface area contributed by atoms with E-state index in [4.69, 9.17) is 4.98 Å². The molecule has 1 amide bonds. The van der Waals surface area contributed by atoms with E-state index < -0.39 is 0 Å². The van der Waals surface area contributed by atoms with E-state index in [9.17, 15) is 4.79 Å². The van der Waals surface area contributed by atoms with Crippen molar-refractivity contribution in [1.29, 1.82) is 0 Å². The minimum atomic E-state index is 0.0314. The van der Waals surface area contributed by atoms with Crippen LogP contribution in [-0.4, -0.2) is 61.7 Å². The predicted molar refractivity (Wildman–Crippen MR) is 124 cm³/mol. The van der Waals surface area contributed by atoms with Gasteiger partial charge in [-0.2, -0.15) is 5.10 Å². The van der Waals surface area contributed by atoms with Crippen molar-refractivity contribution in [3.8, 4) is 11.4 Å². The van der Waals surface area contributed by atoms with Crippen molar-refractivity contribution in [1.82, 2.24) is 29.6 Å². The van der Waals surface area contributed by atoms with Gasteiger partial charge in [-0.25, -0.2) is 15.0 Å². The van der Waals surface area contributed by atoms with Crippen LogP contribution in [0.25, 0.3) is 22.4 Å². The van der Waals surface area contributed by atoms with Gasteiger partial charge in [-0.05, 0) is 26.0 Å². The second-order valence-electron chi connectivity index (χ2n) is 8.10. The fraction of sp³-hybridized carbons (Fsp3) is 0.292. The summed E-state index contributed by atoms with van der Waals surface area (Å²) in [5, 5.41) is 5.31. The van der Waals surface area contributed by atoms with Gasteiger partial charge < -0.3 is 9.80 Å². The molecule has 0 N–H and O–H groups in total. The molecule has 0 spiro atoms. The molecule has 0 radical (unpaired) electrons. The summed E-state index contributed by atoms with van der Waals surface area (Å²) >= 11 is 0. The maximum absolute atomic E-state index is 13.4. The maximum Gasteiger partial charge on any atom is 0.254 e. The Labute approximate surface area is 186 Å². The van der Waals surface area contributed by atoms with Crippen LogP contribution in [-0.2, 0) is 7.05 Å². The molecule has 0 bridgehead atoms. The standard InChI is InChI=1S/C24H25N7O/c1-16-15-19(21-17(2)28-29(3)23(21)26-16)24(32)31-13-11-30(12-14-31)20-9-10-25-22(27-20)18-7-5-4-6-8-18/h4-10,15H,11-14H2,1-3H3. The second kappa shape index (κ2) is 8.03. The zero-order valence-corrected chi connectivity index (χ0v) is 18.5. The Morgan fingerprint density at radius 2 is 1.72 bits per heavy atom. The molecule has 5 rings (SSSR count). The number of fused-ring (bicyclic) bond motifs is 1. The number of pyridine rings is 1. The Balaban J connectivity index is 1.35. The van der Waals surface area contributed by atoms with Crippen molar-refractivity contribution in [3.05, 3.63) is 65.6 Å². The minimum Gasteiger partial charge on any atom is -0.353 e. The molecule has 1 aromatic carbocycles. The van der Waals surface area contributed by atoms with Gasteiger partial charge >= 0.3 is 0 Å². The number of anilines is 1. The molecule has 162 valence electrons. The van der Waals surface area contributed by atoms with E-state index in [1.165, 1.54) is 0 Å². The number of rotatable bonds is 3. The minimum absolute atomic E-state index is 0.0314. The molecular weight excluding hydrogens is 402 g/mol. The number of carbonyl (C=O) groups excluding carboxylic acids is 1. The van der Waals surface area contributed by atoms with Crippen molar-refractivity contribution >= 4 is 22.8 Å². The Bertz CT molecular complexity index is 1290. The van der Waals surface area contributed by atoms with Gasteiger partial charge in [0.2, 0.25) is 0 Å². The lowest BCUT2D eigenvalue weighted by molar-refractivity contribution is 0.0748. The van der Waals surface area contributed by atoms with E-state index in [2.05, 4.69) is 20.0 Å². The van der Waals surface area contributed by atoms with Crippen LogP contribution in [0.2, 0.25) is 0 Å². The van der Waals surface area contributed by atoms with E-state index in [1.807, 2.05) is 68.3 Å². The van der Waals surface area contributed by atoms with E-state index in [-0.39, 0.29) is 5.91 Å². The zero-order valence-electron chi connectivity index (χ0n) is 18.5. The summed E-state index contributed by atoms with van der Waals surface area (Å²) in [7, 11) is 1.86. The van der Waals surface area contributed by atoms with Gasteiger partial charge in [0.25, 0.3) is 5.91 Å². The molecule has 8 heteroatoms. The molecule has 1 aliphatic rings. The predicted octanol–water partition coefficient (Wildman–Crippen LogP) is 3.00. The summed E-state index contributed by atoms with van der Waals surface area (Å²) in [5.74, 6) is 1.63. The molecule has 8 nitrogen and oxygen atoms in total. The maximum atomic E-state index is 13.4. The largest absolute Gasteiger partial charge is 0.353 e. The SMILES string of the molecule is Cc1cc(C(=O)N2CCN(c3ccnc(-c4ccccc4)n3)CC2)c2c(C)nn(C)c2n1. The Morgan fingerprint density at radius 1 is 0.969 bits per heavy atom. The summed E-state index contributed by atoms with van der Waals surface area (Å²) in [6.45, 7) is 6.53. The molecule has 0 saturated carbocycles. The van der Waals surface area contributed by atoms with Gasteiger partial charge in [0.1, 0.15) is 5.82 Å². The summed E-state index contributed by atoms with van der Waals surface area (Å²) in [5.41, 5.74) is 4.06. The topological polar surface area (TPSA) is 80.0 Å².